The number of ether oxygens (including phenoxy) is 1. The summed E-state index contributed by atoms with van der Waals surface area (Å²) in [6.45, 7) is 0.346. The minimum Gasteiger partial charge on any atom is -0.431 e. The first kappa shape index (κ1) is 21.9. The van der Waals surface area contributed by atoms with Crippen molar-refractivity contribution in [3.05, 3.63) is 69.8 Å². The number of aromatic nitrogens is 2. The summed E-state index contributed by atoms with van der Waals surface area (Å²) in [5, 5.41) is 24.5. The van der Waals surface area contributed by atoms with Gasteiger partial charge in [-0.05, 0) is 24.0 Å². The van der Waals surface area contributed by atoms with Gasteiger partial charge in [0.05, 0.1) is 22.2 Å². The van der Waals surface area contributed by atoms with Crippen molar-refractivity contribution in [3.8, 4) is 17.7 Å². The summed E-state index contributed by atoms with van der Waals surface area (Å²) in [6.07, 6.45) is 1.77. The smallest absolute Gasteiger partial charge is 0.373 e. The largest absolute Gasteiger partial charge is 0.431 e. The second kappa shape index (κ2) is 9.77. The fraction of sp³-hybridized carbons (Fsp3) is 0.190. The molecule has 10 heteroatoms. The molecule has 0 amide bonds. The standard InChI is InChI=1S/C21H20N6O3S/c1-26(2)16-10-9-15(12-22)11-17(16)30-20-18(27(28)29)19(24-21(25-20)31-3)23-13-14-7-5-4-6-8-14/h4-11H,13H2,1-3H3,(H,23,24,25). The van der Waals surface area contributed by atoms with E-state index in [0.29, 0.717) is 23.0 Å². The third-order valence-corrected chi connectivity index (χ3v) is 4.82. The summed E-state index contributed by atoms with van der Waals surface area (Å²) in [7, 11) is 3.62. The van der Waals surface area contributed by atoms with E-state index in [1.54, 1.807) is 23.3 Å². The predicted octanol–water partition coefficient (Wildman–Crippen LogP) is 4.45. The number of hydrogen-bond acceptors (Lipinski definition) is 9. The highest BCUT2D eigenvalue weighted by molar-refractivity contribution is 7.98. The van der Waals surface area contributed by atoms with Crippen LogP contribution >= 0.6 is 11.8 Å². The number of nitrogens with zero attached hydrogens (tertiary/aromatic N) is 5. The molecular weight excluding hydrogens is 416 g/mol. The van der Waals surface area contributed by atoms with Gasteiger partial charge in [0.15, 0.2) is 10.9 Å². The Kier molecular flexibility index (Phi) is 6.89. The highest BCUT2D eigenvalue weighted by atomic mass is 32.2. The Balaban J connectivity index is 2.06. The summed E-state index contributed by atoms with van der Waals surface area (Å²) >= 11 is 1.24. The van der Waals surface area contributed by atoms with Gasteiger partial charge in [-0.15, -0.1) is 0 Å². The molecule has 31 heavy (non-hydrogen) atoms. The summed E-state index contributed by atoms with van der Waals surface area (Å²) in [4.78, 5) is 21.6. The molecule has 0 atom stereocenters. The van der Waals surface area contributed by atoms with Crippen LogP contribution in [0.2, 0.25) is 0 Å². The summed E-state index contributed by atoms with van der Waals surface area (Å²) < 4.78 is 5.90. The average Bonchev–Trinajstić information content (AvgIpc) is 2.77. The summed E-state index contributed by atoms with van der Waals surface area (Å²) in [5.74, 6) is 0.149. The molecule has 0 unspecified atom stereocenters. The van der Waals surface area contributed by atoms with E-state index in [1.807, 2.05) is 50.5 Å². The van der Waals surface area contributed by atoms with E-state index < -0.39 is 4.92 Å². The van der Waals surface area contributed by atoms with E-state index in [2.05, 4.69) is 15.3 Å². The number of nitrogens with one attached hydrogen (secondary N) is 1. The van der Waals surface area contributed by atoms with Gasteiger partial charge in [0.1, 0.15) is 0 Å². The van der Waals surface area contributed by atoms with Gasteiger partial charge in [0.2, 0.25) is 5.82 Å². The third kappa shape index (κ3) is 5.21. The van der Waals surface area contributed by atoms with Crippen molar-refractivity contribution in [3.63, 3.8) is 0 Å². The Hall–Kier alpha value is -3.84. The van der Waals surface area contributed by atoms with Crippen LogP contribution < -0.4 is 15.0 Å². The van der Waals surface area contributed by atoms with Crippen molar-refractivity contribution in [2.45, 2.75) is 11.7 Å². The number of nitriles is 1. The monoisotopic (exact) mass is 436 g/mol. The molecule has 1 heterocycles. The maximum Gasteiger partial charge on any atom is 0.373 e. The molecule has 0 fully saturated rings. The Morgan fingerprint density at radius 2 is 1.97 bits per heavy atom. The molecule has 0 aliphatic rings. The Bertz CT molecular complexity index is 1130. The van der Waals surface area contributed by atoms with E-state index in [1.165, 1.54) is 17.8 Å². The van der Waals surface area contributed by atoms with E-state index >= 15 is 0 Å². The van der Waals surface area contributed by atoms with Crippen molar-refractivity contribution in [1.29, 1.82) is 5.26 Å². The molecular formula is C21H20N6O3S. The lowest BCUT2D eigenvalue weighted by molar-refractivity contribution is -0.385. The van der Waals surface area contributed by atoms with Crippen LogP contribution in [-0.2, 0) is 6.54 Å². The van der Waals surface area contributed by atoms with Crippen molar-refractivity contribution >= 4 is 29.0 Å². The van der Waals surface area contributed by atoms with E-state index in [0.717, 1.165) is 5.56 Å². The highest BCUT2D eigenvalue weighted by Crippen LogP contribution is 2.39. The van der Waals surface area contributed by atoms with Crippen molar-refractivity contribution in [2.75, 3.05) is 30.6 Å². The van der Waals surface area contributed by atoms with Gasteiger partial charge in [-0.1, -0.05) is 42.1 Å². The number of thioether (sulfide) groups is 1. The lowest BCUT2D eigenvalue weighted by atomic mass is 10.2. The van der Waals surface area contributed by atoms with E-state index in [9.17, 15) is 15.4 Å². The molecule has 1 N–H and O–H groups in total. The topological polar surface area (TPSA) is 117 Å². The molecule has 0 saturated heterocycles. The predicted molar refractivity (Wildman–Crippen MR) is 120 cm³/mol. The number of benzene rings is 2. The first-order chi connectivity index (χ1) is 14.9. The van der Waals surface area contributed by atoms with E-state index in [4.69, 9.17) is 4.74 Å². The number of nitro groups is 1. The minimum atomic E-state index is -0.573. The fourth-order valence-corrected chi connectivity index (χ4v) is 3.14. The highest BCUT2D eigenvalue weighted by Gasteiger charge is 2.28. The zero-order valence-corrected chi connectivity index (χ0v) is 18.0. The molecule has 0 bridgehead atoms. The summed E-state index contributed by atoms with van der Waals surface area (Å²) in [6, 6.07) is 16.4. The second-order valence-electron chi connectivity index (χ2n) is 6.60. The van der Waals surface area contributed by atoms with Crippen LogP contribution in [0.25, 0.3) is 0 Å². The third-order valence-electron chi connectivity index (χ3n) is 4.28. The van der Waals surface area contributed by atoms with Gasteiger partial charge in [-0.3, -0.25) is 10.1 Å². The Morgan fingerprint density at radius 3 is 2.58 bits per heavy atom. The van der Waals surface area contributed by atoms with Crippen molar-refractivity contribution in [2.24, 2.45) is 0 Å². The minimum absolute atomic E-state index is 0.0612. The first-order valence-corrected chi connectivity index (χ1v) is 10.4. The molecule has 2 aromatic carbocycles. The van der Waals surface area contributed by atoms with Crippen LogP contribution in [0.3, 0.4) is 0 Å². The van der Waals surface area contributed by atoms with Gasteiger partial charge in [-0.25, -0.2) is 0 Å². The molecule has 0 spiro atoms. The summed E-state index contributed by atoms with van der Waals surface area (Å²) in [5.41, 5.74) is 1.59. The van der Waals surface area contributed by atoms with Crippen LogP contribution in [0.15, 0.2) is 53.7 Å². The molecule has 9 nitrogen and oxygen atoms in total. The van der Waals surface area contributed by atoms with Crippen LogP contribution in [-0.4, -0.2) is 35.2 Å². The normalized spacial score (nSPS) is 10.3. The first-order valence-electron chi connectivity index (χ1n) is 9.20. The molecule has 1 aromatic heterocycles. The Morgan fingerprint density at radius 1 is 1.23 bits per heavy atom. The molecule has 3 rings (SSSR count). The Labute approximate surface area is 183 Å². The lowest BCUT2D eigenvalue weighted by Crippen LogP contribution is -2.11. The van der Waals surface area contributed by atoms with Crippen molar-refractivity contribution < 1.29 is 9.66 Å². The SMILES string of the molecule is CSc1nc(NCc2ccccc2)c([N+](=O)[O-])c(Oc2cc(C#N)ccc2N(C)C)n1. The quantitative estimate of drug-likeness (QED) is 0.236. The van der Waals surface area contributed by atoms with Gasteiger partial charge in [0.25, 0.3) is 0 Å². The van der Waals surface area contributed by atoms with Crippen LogP contribution in [0.4, 0.5) is 17.2 Å². The van der Waals surface area contributed by atoms with Crippen LogP contribution in [0, 0.1) is 21.4 Å². The molecule has 0 saturated carbocycles. The van der Waals surface area contributed by atoms with Gasteiger partial charge in [0, 0.05) is 26.7 Å². The maximum atomic E-state index is 11.9. The molecule has 158 valence electrons. The van der Waals surface area contributed by atoms with E-state index in [-0.39, 0.29) is 23.1 Å². The number of hydrogen-bond donors (Lipinski definition) is 1. The lowest BCUT2D eigenvalue weighted by Gasteiger charge is -2.18. The fourth-order valence-electron chi connectivity index (χ4n) is 2.79. The van der Waals surface area contributed by atoms with Crippen molar-refractivity contribution in [1.82, 2.24) is 9.97 Å². The molecule has 3 aromatic rings. The second-order valence-corrected chi connectivity index (χ2v) is 7.37. The number of anilines is 2. The average molecular weight is 436 g/mol. The van der Waals surface area contributed by atoms with Gasteiger partial charge in [-0.2, -0.15) is 15.2 Å². The van der Waals surface area contributed by atoms with Gasteiger partial charge >= 0.3 is 11.6 Å². The molecule has 0 aliphatic carbocycles. The maximum absolute atomic E-state index is 11.9. The van der Waals surface area contributed by atoms with Gasteiger partial charge < -0.3 is 15.0 Å². The van der Waals surface area contributed by atoms with Crippen LogP contribution in [0.5, 0.6) is 11.6 Å². The number of rotatable bonds is 8. The van der Waals surface area contributed by atoms with Crippen LogP contribution in [0.1, 0.15) is 11.1 Å². The zero-order valence-electron chi connectivity index (χ0n) is 17.2. The zero-order chi connectivity index (χ0) is 22.4. The molecule has 0 aliphatic heterocycles. The molecule has 0 radical (unpaired) electrons.